The molecule has 1 heterocycles. The summed E-state index contributed by atoms with van der Waals surface area (Å²) < 4.78 is 0. The fourth-order valence-electron chi connectivity index (χ4n) is 1.27. The van der Waals surface area contributed by atoms with Crippen LogP contribution in [0.5, 0.6) is 0 Å². The lowest BCUT2D eigenvalue weighted by molar-refractivity contribution is -0.120. The molecule has 0 aliphatic rings. The Morgan fingerprint density at radius 3 is 2.94 bits per heavy atom. The van der Waals surface area contributed by atoms with Gasteiger partial charge in [0.15, 0.2) is 0 Å². The van der Waals surface area contributed by atoms with E-state index >= 15 is 0 Å². The minimum Gasteiger partial charge on any atom is -0.351 e. The summed E-state index contributed by atoms with van der Waals surface area (Å²) in [5, 5.41) is 5.92. The molecule has 5 heteroatoms. The molecule has 0 radical (unpaired) electrons. The molecule has 17 heavy (non-hydrogen) atoms. The highest BCUT2D eigenvalue weighted by molar-refractivity contribution is 5.77. The zero-order valence-corrected chi connectivity index (χ0v) is 10.4. The number of carbonyl (C=O) groups excluding carboxylic acids is 1. The van der Waals surface area contributed by atoms with E-state index in [2.05, 4.69) is 20.5 Å². The van der Waals surface area contributed by atoms with Crippen LogP contribution in [0.2, 0.25) is 0 Å². The molecule has 0 aliphatic heterocycles. The Bertz CT molecular complexity index is 327. The Morgan fingerprint density at radius 1 is 1.47 bits per heavy atom. The molecule has 0 unspecified atom stereocenters. The van der Waals surface area contributed by atoms with E-state index in [1.165, 1.54) is 0 Å². The van der Waals surface area contributed by atoms with E-state index in [-0.39, 0.29) is 5.91 Å². The number of likely N-dealkylation sites (N-methyl/N-ethyl adjacent to an activating group) is 1. The van der Waals surface area contributed by atoms with Crippen molar-refractivity contribution in [3.63, 3.8) is 0 Å². The number of hydrogen-bond acceptors (Lipinski definition) is 4. The van der Waals surface area contributed by atoms with Crippen LogP contribution < -0.4 is 10.6 Å². The fourth-order valence-corrected chi connectivity index (χ4v) is 1.27. The van der Waals surface area contributed by atoms with Gasteiger partial charge < -0.3 is 15.5 Å². The van der Waals surface area contributed by atoms with E-state index in [1.54, 1.807) is 12.4 Å². The average molecular weight is 236 g/mol. The summed E-state index contributed by atoms with van der Waals surface area (Å²) in [5.74, 6) is 0.00705. The van der Waals surface area contributed by atoms with E-state index in [0.29, 0.717) is 13.1 Å². The van der Waals surface area contributed by atoms with Gasteiger partial charge in [-0.2, -0.15) is 0 Å². The summed E-state index contributed by atoms with van der Waals surface area (Å²) in [6, 6.07) is 3.80. The molecule has 1 aromatic rings. The lowest BCUT2D eigenvalue weighted by Crippen LogP contribution is -2.36. The summed E-state index contributed by atoms with van der Waals surface area (Å²) in [6.07, 6.45) is 3.47. The van der Waals surface area contributed by atoms with Crippen molar-refractivity contribution in [1.29, 1.82) is 0 Å². The second-order valence-electron chi connectivity index (χ2n) is 4.12. The number of nitrogens with one attached hydrogen (secondary N) is 2. The van der Waals surface area contributed by atoms with Gasteiger partial charge >= 0.3 is 0 Å². The summed E-state index contributed by atoms with van der Waals surface area (Å²) in [5.41, 5.74) is 1.01. The standard InChI is InChI=1S/C12H20N4O/c1-16(2)7-6-14-10-12(17)15-9-11-4-3-5-13-8-11/h3-5,8,14H,6-7,9-10H2,1-2H3,(H,15,17). The van der Waals surface area contributed by atoms with Crippen molar-refractivity contribution in [3.8, 4) is 0 Å². The largest absolute Gasteiger partial charge is 0.351 e. The van der Waals surface area contributed by atoms with E-state index in [4.69, 9.17) is 0 Å². The van der Waals surface area contributed by atoms with Crippen molar-refractivity contribution < 1.29 is 4.79 Å². The topological polar surface area (TPSA) is 57.3 Å². The van der Waals surface area contributed by atoms with Gasteiger partial charge in [-0.15, -0.1) is 0 Å². The van der Waals surface area contributed by atoms with Gasteiger partial charge in [0.1, 0.15) is 0 Å². The van der Waals surface area contributed by atoms with Crippen molar-refractivity contribution in [1.82, 2.24) is 20.5 Å². The van der Waals surface area contributed by atoms with Crippen molar-refractivity contribution in [3.05, 3.63) is 30.1 Å². The second-order valence-corrected chi connectivity index (χ2v) is 4.12. The number of rotatable bonds is 7. The fraction of sp³-hybridized carbons (Fsp3) is 0.500. The Hall–Kier alpha value is -1.46. The first-order chi connectivity index (χ1) is 8.18. The lowest BCUT2D eigenvalue weighted by atomic mass is 10.3. The number of carbonyl (C=O) groups is 1. The minimum atomic E-state index is 0.00705. The predicted octanol–water partition coefficient (Wildman–Crippen LogP) is -0.151. The summed E-state index contributed by atoms with van der Waals surface area (Å²) >= 11 is 0. The van der Waals surface area contributed by atoms with Crippen molar-refractivity contribution in [2.24, 2.45) is 0 Å². The maximum absolute atomic E-state index is 11.5. The Labute approximate surface area is 102 Å². The number of nitrogens with zero attached hydrogens (tertiary/aromatic N) is 2. The highest BCUT2D eigenvalue weighted by Gasteiger charge is 2.00. The molecule has 2 N–H and O–H groups in total. The van der Waals surface area contributed by atoms with Gasteiger partial charge in [-0.05, 0) is 25.7 Å². The smallest absolute Gasteiger partial charge is 0.234 e. The van der Waals surface area contributed by atoms with Crippen LogP contribution in [0.3, 0.4) is 0 Å². The monoisotopic (exact) mass is 236 g/mol. The molecule has 1 aromatic heterocycles. The molecule has 1 rings (SSSR count). The van der Waals surface area contributed by atoms with Crippen molar-refractivity contribution in [2.45, 2.75) is 6.54 Å². The van der Waals surface area contributed by atoms with Gasteiger partial charge in [-0.1, -0.05) is 6.07 Å². The average Bonchev–Trinajstić information content (AvgIpc) is 2.33. The zero-order valence-electron chi connectivity index (χ0n) is 10.4. The van der Waals surface area contributed by atoms with Crippen LogP contribution >= 0.6 is 0 Å². The van der Waals surface area contributed by atoms with Gasteiger partial charge in [0, 0.05) is 32.0 Å². The van der Waals surface area contributed by atoms with Crippen LogP contribution in [-0.4, -0.2) is 49.5 Å². The first-order valence-corrected chi connectivity index (χ1v) is 5.69. The number of pyridine rings is 1. The normalized spacial score (nSPS) is 10.5. The highest BCUT2D eigenvalue weighted by Crippen LogP contribution is 1.93. The third kappa shape index (κ3) is 6.65. The van der Waals surface area contributed by atoms with Crippen molar-refractivity contribution in [2.75, 3.05) is 33.7 Å². The minimum absolute atomic E-state index is 0.00705. The van der Waals surface area contributed by atoms with Crippen LogP contribution in [0.25, 0.3) is 0 Å². The SMILES string of the molecule is CN(C)CCNCC(=O)NCc1cccnc1. The molecule has 0 aromatic carbocycles. The summed E-state index contributed by atoms with van der Waals surface area (Å²) in [7, 11) is 4.01. The third-order valence-electron chi connectivity index (χ3n) is 2.23. The molecule has 94 valence electrons. The maximum Gasteiger partial charge on any atom is 0.234 e. The highest BCUT2D eigenvalue weighted by atomic mass is 16.1. The van der Waals surface area contributed by atoms with Gasteiger partial charge in [0.25, 0.3) is 0 Å². The quantitative estimate of drug-likeness (QED) is 0.646. The summed E-state index contributed by atoms with van der Waals surface area (Å²) in [6.45, 7) is 2.62. The number of aromatic nitrogens is 1. The van der Waals surface area contributed by atoms with E-state index in [9.17, 15) is 4.79 Å². The van der Waals surface area contributed by atoms with Gasteiger partial charge in [0.2, 0.25) is 5.91 Å². The molecule has 5 nitrogen and oxygen atoms in total. The van der Waals surface area contributed by atoms with Gasteiger partial charge in [-0.3, -0.25) is 9.78 Å². The first kappa shape index (κ1) is 13.6. The van der Waals surface area contributed by atoms with Crippen LogP contribution in [-0.2, 0) is 11.3 Å². The molecule has 0 saturated carbocycles. The molecule has 0 atom stereocenters. The second kappa shape index (κ2) is 7.76. The lowest BCUT2D eigenvalue weighted by Gasteiger charge is -2.10. The molecule has 1 amide bonds. The van der Waals surface area contributed by atoms with Gasteiger partial charge in [0.05, 0.1) is 6.54 Å². The molecular weight excluding hydrogens is 216 g/mol. The number of amides is 1. The summed E-state index contributed by atoms with van der Waals surface area (Å²) in [4.78, 5) is 17.5. The van der Waals surface area contributed by atoms with Gasteiger partial charge in [-0.25, -0.2) is 0 Å². The molecular formula is C12H20N4O. The third-order valence-corrected chi connectivity index (χ3v) is 2.23. The maximum atomic E-state index is 11.5. The van der Waals surface area contributed by atoms with E-state index in [1.807, 2.05) is 26.2 Å². The Balaban J connectivity index is 2.09. The number of hydrogen-bond donors (Lipinski definition) is 2. The molecule has 0 bridgehead atoms. The molecule has 0 spiro atoms. The van der Waals surface area contributed by atoms with E-state index in [0.717, 1.165) is 18.7 Å². The molecule has 0 fully saturated rings. The predicted molar refractivity (Wildman–Crippen MR) is 67.5 cm³/mol. The molecule has 0 saturated heterocycles. The van der Waals surface area contributed by atoms with Crippen LogP contribution in [0, 0.1) is 0 Å². The first-order valence-electron chi connectivity index (χ1n) is 5.69. The van der Waals surface area contributed by atoms with Crippen molar-refractivity contribution >= 4 is 5.91 Å². The Morgan fingerprint density at radius 2 is 2.29 bits per heavy atom. The van der Waals surface area contributed by atoms with E-state index < -0.39 is 0 Å². The Kier molecular flexibility index (Phi) is 6.21. The zero-order chi connectivity index (χ0) is 12.5. The molecule has 0 aliphatic carbocycles. The van der Waals surface area contributed by atoms with Crippen LogP contribution in [0.1, 0.15) is 5.56 Å². The van der Waals surface area contributed by atoms with Crippen LogP contribution in [0.15, 0.2) is 24.5 Å². The van der Waals surface area contributed by atoms with Crippen LogP contribution in [0.4, 0.5) is 0 Å².